The fourth-order valence-electron chi connectivity index (χ4n) is 2.34. The highest BCUT2D eigenvalue weighted by Gasteiger charge is 2.45. The maximum Gasteiger partial charge on any atom is 0.169 e. The van der Waals surface area contributed by atoms with Crippen molar-refractivity contribution in [2.24, 2.45) is 11.1 Å². The van der Waals surface area contributed by atoms with Gasteiger partial charge in [-0.2, -0.15) is 0 Å². The summed E-state index contributed by atoms with van der Waals surface area (Å²) in [6.45, 7) is 1.86. The molecule has 2 aliphatic rings. The van der Waals surface area contributed by atoms with Crippen LogP contribution in [0.2, 0.25) is 10.0 Å². The quantitative estimate of drug-likeness (QED) is 0.793. The first-order chi connectivity index (χ1) is 8.59. The predicted molar refractivity (Wildman–Crippen MR) is 70.1 cm³/mol. The van der Waals surface area contributed by atoms with Gasteiger partial charge in [0.05, 0.1) is 10.0 Å². The lowest BCUT2D eigenvalue weighted by Crippen LogP contribution is -2.26. The second-order valence-electron chi connectivity index (χ2n) is 4.37. The van der Waals surface area contributed by atoms with Crippen LogP contribution in [0.5, 0.6) is 0 Å². The molecule has 2 atom stereocenters. The van der Waals surface area contributed by atoms with Crippen LogP contribution in [0.25, 0.3) is 0 Å². The van der Waals surface area contributed by atoms with E-state index in [2.05, 4.69) is 5.16 Å². The van der Waals surface area contributed by atoms with Crippen molar-refractivity contribution in [1.82, 2.24) is 0 Å². The molecule has 92 valence electrons. The van der Waals surface area contributed by atoms with Crippen molar-refractivity contribution in [3.63, 3.8) is 0 Å². The second kappa shape index (κ2) is 4.11. The molecule has 0 spiro atoms. The molecule has 0 bridgehead atoms. The first kappa shape index (κ1) is 11.8. The van der Waals surface area contributed by atoms with Crippen LogP contribution in [-0.4, -0.2) is 17.6 Å². The van der Waals surface area contributed by atoms with Gasteiger partial charge in [-0.15, -0.1) is 0 Å². The molecule has 0 aromatic heterocycles. The number of hydrogen-bond donors (Lipinski definition) is 0. The first-order valence-electron chi connectivity index (χ1n) is 5.49. The lowest BCUT2D eigenvalue weighted by Gasteiger charge is -2.11. The molecule has 18 heavy (non-hydrogen) atoms. The molecule has 0 radical (unpaired) electrons. The zero-order chi connectivity index (χ0) is 12.9. The molecule has 1 aliphatic carbocycles. The average Bonchev–Trinajstić information content (AvgIpc) is 2.83. The number of halogens is 2. The number of fused-ring (bicyclic) bond motifs is 1. The number of carbonyl (C=O) groups is 1. The molecular weight excluding hydrogens is 273 g/mol. The molecule has 3 rings (SSSR count). The summed E-state index contributed by atoms with van der Waals surface area (Å²) in [7, 11) is 0. The van der Waals surface area contributed by atoms with Crippen molar-refractivity contribution in [2.45, 2.75) is 13.0 Å². The van der Waals surface area contributed by atoms with Gasteiger partial charge in [-0.3, -0.25) is 4.79 Å². The van der Waals surface area contributed by atoms with Crippen LogP contribution in [0, 0.1) is 5.92 Å². The summed E-state index contributed by atoms with van der Waals surface area (Å²) in [5, 5.41) is 4.95. The largest absolute Gasteiger partial charge is 0.386 e. The van der Waals surface area contributed by atoms with E-state index in [-0.39, 0.29) is 11.9 Å². The number of carbonyl (C=O) groups excluding carboxylic acids is 1. The van der Waals surface area contributed by atoms with Gasteiger partial charge in [0.1, 0.15) is 11.6 Å². The Labute approximate surface area is 114 Å². The summed E-state index contributed by atoms with van der Waals surface area (Å²) >= 11 is 12.3. The molecule has 1 aromatic rings. The number of rotatable bonds is 1. The van der Waals surface area contributed by atoms with Gasteiger partial charge in [0.15, 0.2) is 11.9 Å². The summed E-state index contributed by atoms with van der Waals surface area (Å²) in [5.41, 5.74) is 1.99. The minimum Gasteiger partial charge on any atom is -0.386 e. The molecule has 0 unspecified atom stereocenters. The molecule has 5 heteroatoms. The Morgan fingerprint density at radius 2 is 1.94 bits per heavy atom. The number of allylic oxidation sites excluding steroid dienone is 1. The monoisotopic (exact) mass is 281 g/mol. The zero-order valence-corrected chi connectivity index (χ0v) is 11.0. The molecule has 0 saturated heterocycles. The molecule has 0 N–H and O–H groups in total. The van der Waals surface area contributed by atoms with Crippen LogP contribution in [-0.2, 0) is 9.63 Å². The number of ketones is 1. The summed E-state index contributed by atoms with van der Waals surface area (Å²) in [6, 6.07) is 5.19. The Morgan fingerprint density at radius 3 is 2.61 bits per heavy atom. The van der Waals surface area contributed by atoms with Crippen molar-refractivity contribution in [1.29, 1.82) is 0 Å². The lowest BCUT2D eigenvalue weighted by molar-refractivity contribution is -0.117. The number of benzene rings is 1. The van der Waals surface area contributed by atoms with E-state index >= 15 is 0 Å². The van der Waals surface area contributed by atoms with Crippen LogP contribution >= 0.6 is 23.2 Å². The van der Waals surface area contributed by atoms with E-state index in [0.717, 1.165) is 5.57 Å². The smallest absolute Gasteiger partial charge is 0.169 e. The van der Waals surface area contributed by atoms with Crippen molar-refractivity contribution in [3.8, 4) is 0 Å². The third-order valence-electron chi connectivity index (χ3n) is 3.21. The average molecular weight is 282 g/mol. The minimum atomic E-state index is -0.414. The molecule has 0 saturated carbocycles. The fourth-order valence-corrected chi connectivity index (χ4v) is 2.94. The number of hydrogen-bond acceptors (Lipinski definition) is 3. The molecule has 3 nitrogen and oxygen atoms in total. The normalized spacial score (nSPS) is 25.6. The second-order valence-corrected chi connectivity index (χ2v) is 5.18. The van der Waals surface area contributed by atoms with Crippen molar-refractivity contribution in [3.05, 3.63) is 45.5 Å². The number of nitrogens with zero attached hydrogens (tertiary/aromatic N) is 1. The lowest BCUT2D eigenvalue weighted by atomic mass is 9.92. The maximum atomic E-state index is 11.9. The van der Waals surface area contributed by atoms with E-state index in [1.54, 1.807) is 24.3 Å². The zero-order valence-electron chi connectivity index (χ0n) is 9.48. The molecule has 0 amide bonds. The van der Waals surface area contributed by atoms with Crippen LogP contribution in [0.1, 0.15) is 12.5 Å². The van der Waals surface area contributed by atoms with Gasteiger partial charge in [0, 0.05) is 5.56 Å². The maximum absolute atomic E-state index is 11.9. The minimum absolute atomic E-state index is 0.00950. The third kappa shape index (κ3) is 1.58. The first-order valence-corrected chi connectivity index (χ1v) is 6.25. The van der Waals surface area contributed by atoms with Gasteiger partial charge in [0.2, 0.25) is 0 Å². The standard InChI is InChI=1S/C13H9Cl2NO2/c1-6-5-9(17)11-12(16-18-13(6)11)10-7(14)3-2-4-8(10)15/h2-5,11,13H,1H3/t11-,13-/m1/s1. The Bertz CT molecular complexity index is 587. The molecule has 0 fully saturated rings. The van der Waals surface area contributed by atoms with Crippen LogP contribution in [0.3, 0.4) is 0 Å². The van der Waals surface area contributed by atoms with Crippen LogP contribution in [0.15, 0.2) is 35.0 Å². The highest BCUT2D eigenvalue weighted by molar-refractivity contribution is 6.41. The molecule has 1 aromatic carbocycles. The van der Waals surface area contributed by atoms with E-state index in [1.165, 1.54) is 0 Å². The fraction of sp³-hybridized carbons (Fsp3) is 0.231. The Morgan fingerprint density at radius 1 is 1.28 bits per heavy atom. The molecule has 1 heterocycles. The summed E-state index contributed by atoms with van der Waals surface area (Å²) in [6.07, 6.45) is 1.29. The van der Waals surface area contributed by atoms with Gasteiger partial charge < -0.3 is 4.84 Å². The Hall–Kier alpha value is -1.32. The van der Waals surface area contributed by atoms with E-state index in [1.807, 2.05) is 6.92 Å². The number of oxime groups is 1. The summed E-state index contributed by atoms with van der Waals surface area (Å²) in [4.78, 5) is 17.3. The topological polar surface area (TPSA) is 38.7 Å². The van der Waals surface area contributed by atoms with Crippen molar-refractivity contribution in [2.75, 3.05) is 0 Å². The molecule has 1 aliphatic heterocycles. The van der Waals surface area contributed by atoms with Gasteiger partial charge >= 0.3 is 0 Å². The van der Waals surface area contributed by atoms with Gasteiger partial charge in [-0.25, -0.2) is 0 Å². The third-order valence-corrected chi connectivity index (χ3v) is 3.84. The van der Waals surface area contributed by atoms with Crippen molar-refractivity contribution >= 4 is 34.7 Å². The summed E-state index contributed by atoms with van der Waals surface area (Å²) in [5.74, 6) is -0.424. The van der Waals surface area contributed by atoms with Crippen LogP contribution in [0.4, 0.5) is 0 Å². The Kier molecular flexibility index (Phi) is 2.68. The highest BCUT2D eigenvalue weighted by atomic mass is 35.5. The SMILES string of the molecule is CC1=CC(=O)[C@@H]2C(c3c(Cl)cccc3Cl)=NO[C@H]12. The Balaban J connectivity index is 2.08. The van der Waals surface area contributed by atoms with Crippen LogP contribution < -0.4 is 0 Å². The highest BCUT2D eigenvalue weighted by Crippen LogP contribution is 2.37. The van der Waals surface area contributed by atoms with Gasteiger partial charge in [-0.1, -0.05) is 34.4 Å². The van der Waals surface area contributed by atoms with E-state index in [4.69, 9.17) is 28.0 Å². The van der Waals surface area contributed by atoms with E-state index in [9.17, 15) is 4.79 Å². The molecular formula is C13H9Cl2NO2. The summed E-state index contributed by atoms with van der Waals surface area (Å²) < 4.78 is 0. The van der Waals surface area contributed by atoms with E-state index < -0.39 is 5.92 Å². The van der Waals surface area contributed by atoms with E-state index in [0.29, 0.717) is 21.3 Å². The predicted octanol–water partition coefficient (Wildman–Crippen LogP) is 3.24. The van der Waals surface area contributed by atoms with Crippen molar-refractivity contribution < 1.29 is 9.63 Å². The van der Waals surface area contributed by atoms with Gasteiger partial charge in [-0.05, 0) is 30.7 Å². The van der Waals surface area contributed by atoms with Gasteiger partial charge in [0.25, 0.3) is 0 Å².